The summed E-state index contributed by atoms with van der Waals surface area (Å²) in [6, 6.07) is 7.20. The summed E-state index contributed by atoms with van der Waals surface area (Å²) in [5.74, 6) is -0.272. The number of likely N-dealkylation sites (tertiary alicyclic amines) is 1. The van der Waals surface area contributed by atoms with Crippen molar-refractivity contribution in [1.29, 1.82) is 0 Å². The van der Waals surface area contributed by atoms with Gasteiger partial charge in [0.2, 0.25) is 6.29 Å². The zero-order valence-electron chi connectivity index (χ0n) is 19.4. The van der Waals surface area contributed by atoms with Crippen LogP contribution in [0, 0.1) is 0 Å². The van der Waals surface area contributed by atoms with E-state index in [1.165, 1.54) is 13.5 Å². The summed E-state index contributed by atoms with van der Waals surface area (Å²) in [7, 11) is 1.35. The number of aliphatic hydroxyl groups is 1. The van der Waals surface area contributed by atoms with Gasteiger partial charge in [0, 0.05) is 25.4 Å². The molecule has 0 aromatic heterocycles. The molecule has 0 spiro atoms. The van der Waals surface area contributed by atoms with Crippen molar-refractivity contribution in [3.05, 3.63) is 47.2 Å². The van der Waals surface area contributed by atoms with Crippen LogP contribution < -0.4 is 0 Å². The normalized spacial score (nSPS) is 21.4. The molecular weight excluding hydrogens is 426 g/mol. The molecular formula is C25H35NO7. The molecule has 0 radical (unpaired) electrons. The second-order valence-corrected chi connectivity index (χ2v) is 8.30. The summed E-state index contributed by atoms with van der Waals surface area (Å²) < 4.78 is 21.9. The highest BCUT2D eigenvalue weighted by molar-refractivity contribution is 5.92. The van der Waals surface area contributed by atoms with Gasteiger partial charge in [-0.3, -0.25) is 4.79 Å². The molecule has 1 N–H and O–H groups in total. The van der Waals surface area contributed by atoms with Gasteiger partial charge in [0.05, 0.1) is 39.1 Å². The number of methoxy groups -OCH3 is 1. The van der Waals surface area contributed by atoms with Crippen LogP contribution in [0.4, 0.5) is 0 Å². The van der Waals surface area contributed by atoms with Gasteiger partial charge < -0.3 is 29.0 Å². The molecule has 1 aromatic rings. The monoisotopic (exact) mass is 461 g/mol. The highest BCUT2D eigenvalue weighted by atomic mass is 16.7. The predicted octanol–water partition coefficient (Wildman–Crippen LogP) is 3.01. The Hall–Kier alpha value is -2.42. The molecule has 33 heavy (non-hydrogen) atoms. The van der Waals surface area contributed by atoms with E-state index >= 15 is 0 Å². The van der Waals surface area contributed by atoms with Crippen LogP contribution in [0.2, 0.25) is 0 Å². The fraction of sp³-hybridized carbons (Fsp3) is 0.600. The van der Waals surface area contributed by atoms with Crippen LogP contribution in [0.25, 0.3) is 0 Å². The van der Waals surface area contributed by atoms with E-state index in [9.17, 15) is 9.59 Å². The molecule has 8 nitrogen and oxygen atoms in total. The molecule has 1 amide bonds. The lowest BCUT2D eigenvalue weighted by Crippen LogP contribution is -2.38. The summed E-state index contributed by atoms with van der Waals surface area (Å²) in [6.45, 7) is 2.31. The number of nitrogens with zero attached hydrogens (tertiary/aromatic N) is 1. The average Bonchev–Trinajstić information content (AvgIpc) is 2.83. The largest absolute Gasteiger partial charge is 0.465 e. The Bertz CT molecular complexity index is 784. The van der Waals surface area contributed by atoms with Gasteiger partial charge in [0.15, 0.2) is 5.76 Å². The third-order valence-electron chi connectivity index (χ3n) is 5.94. The minimum absolute atomic E-state index is 0.0409. The highest BCUT2D eigenvalue weighted by Crippen LogP contribution is 2.32. The lowest BCUT2D eigenvalue weighted by Gasteiger charge is -2.32. The molecule has 1 fully saturated rings. The van der Waals surface area contributed by atoms with Crippen LogP contribution in [0.15, 0.2) is 36.1 Å². The molecule has 3 rings (SSSR count). The number of aliphatic hydroxyl groups excluding tert-OH is 1. The molecule has 1 aromatic carbocycles. The van der Waals surface area contributed by atoms with Crippen LogP contribution in [0.5, 0.6) is 0 Å². The van der Waals surface area contributed by atoms with Crippen molar-refractivity contribution in [2.75, 3.05) is 46.6 Å². The SMILES string of the molecule is COC(=O)c1ccc(C2C=C(C(=O)N3CCCCCCC3)OC(OCCOCCO)C2)cc1. The molecule has 8 heteroatoms. The van der Waals surface area contributed by atoms with Crippen LogP contribution >= 0.6 is 0 Å². The maximum Gasteiger partial charge on any atom is 0.337 e. The zero-order valence-corrected chi connectivity index (χ0v) is 19.4. The van der Waals surface area contributed by atoms with E-state index in [1.54, 1.807) is 12.1 Å². The number of rotatable bonds is 9. The molecule has 0 saturated carbocycles. The molecule has 0 bridgehead atoms. The topological polar surface area (TPSA) is 94.5 Å². The number of esters is 1. The van der Waals surface area contributed by atoms with Gasteiger partial charge in [0.1, 0.15) is 0 Å². The summed E-state index contributed by atoms with van der Waals surface area (Å²) in [5.41, 5.74) is 1.44. The summed E-state index contributed by atoms with van der Waals surface area (Å²) >= 11 is 0. The van der Waals surface area contributed by atoms with Gasteiger partial charge in [-0.25, -0.2) is 4.79 Å². The van der Waals surface area contributed by atoms with Gasteiger partial charge in [-0.05, 0) is 36.6 Å². The smallest absolute Gasteiger partial charge is 0.337 e. The van der Waals surface area contributed by atoms with Gasteiger partial charge in [-0.2, -0.15) is 0 Å². The molecule has 0 aliphatic carbocycles. The van der Waals surface area contributed by atoms with Crippen molar-refractivity contribution in [3.63, 3.8) is 0 Å². The lowest BCUT2D eigenvalue weighted by atomic mass is 9.92. The Morgan fingerprint density at radius 2 is 1.73 bits per heavy atom. The predicted molar refractivity (Wildman–Crippen MR) is 122 cm³/mol. The van der Waals surface area contributed by atoms with Gasteiger partial charge in [-0.1, -0.05) is 31.4 Å². The first-order valence-electron chi connectivity index (χ1n) is 11.8. The van der Waals surface area contributed by atoms with Crippen molar-refractivity contribution < 1.29 is 33.6 Å². The number of ether oxygens (including phenoxy) is 4. The first kappa shape index (κ1) is 25.2. The standard InChI is InChI=1S/C25H35NO7/c1-30-25(29)20-9-7-19(8-10-20)21-17-22(24(28)26-11-5-3-2-4-6-12-26)33-23(18-21)32-16-15-31-14-13-27/h7-10,17,21,23,27H,2-6,11-16,18H2,1H3. The second kappa shape index (κ2) is 13.3. The number of hydrogen-bond acceptors (Lipinski definition) is 7. The summed E-state index contributed by atoms with van der Waals surface area (Å²) in [4.78, 5) is 26.9. The first-order valence-corrected chi connectivity index (χ1v) is 11.8. The fourth-order valence-corrected chi connectivity index (χ4v) is 4.14. The molecule has 182 valence electrons. The Morgan fingerprint density at radius 3 is 2.39 bits per heavy atom. The van der Waals surface area contributed by atoms with Crippen LogP contribution in [0.1, 0.15) is 60.4 Å². The van der Waals surface area contributed by atoms with Crippen molar-refractivity contribution >= 4 is 11.9 Å². The third-order valence-corrected chi connectivity index (χ3v) is 5.94. The van der Waals surface area contributed by atoms with Gasteiger partial charge in [-0.15, -0.1) is 0 Å². The second-order valence-electron chi connectivity index (χ2n) is 8.30. The lowest BCUT2D eigenvalue weighted by molar-refractivity contribution is -0.156. The summed E-state index contributed by atoms with van der Waals surface area (Å²) in [6.07, 6.45) is 7.31. The minimum atomic E-state index is -0.591. The fourth-order valence-electron chi connectivity index (χ4n) is 4.14. The van der Waals surface area contributed by atoms with Crippen molar-refractivity contribution in [1.82, 2.24) is 4.90 Å². The molecule has 2 heterocycles. The van der Waals surface area contributed by atoms with E-state index in [4.69, 9.17) is 24.1 Å². The number of benzene rings is 1. The third kappa shape index (κ3) is 7.55. The van der Waals surface area contributed by atoms with E-state index < -0.39 is 6.29 Å². The van der Waals surface area contributed by atoms with Crippen molar-refractivity contribution in [3.8, 4) is 0 Å². The molecule has 1 saturated heterocycles. The zero-order chi connectivity index (χ0) is 23.5. The number of amides is 1. The minimum Gasteiger partial charge on any atom is -0.465 e. The van der Waals surface area contributed by atoms with E-state index in [0.29, 0.717) is 31.0 Å². The molecule has 2 atom stereocenters. The van der Waals surface area contributed by atoms with Gasteiger partial charge in [0.25, 0.3) is 5.91 Å². The van der Waals surface area contributed by atoms with Crippen molar-refractivity contribution in [2.45, 2.75) is 50.7 Å². The first-order chi connectivity index (χ1) is 16.1. The van der Waals surface area contributed by atoms with Crippen LogP contribution in [-0.2, 0) is 23.7 Å². The maximum atomic E-state index is 13.3. The average molecular weight is 462 g/mol. The molecule has 2 unspecified atom stereocenters. The van der Waals surface area contributed by atoms with E-state index in [2.05, 4.69) is 0 Å². The highest BCUT2D eigenvalue weighted by Gasteiger charge is 2.31. The van der Waals surface area contributed by atoms with E-state index in [1.807, 2.05) is 23.1 Å². The van der Waals surface area contributed by atoms with Crippen LogP contribution in [-0.4, -0.2) is 74.8 Å². The number of carbonyl (C=O) groups is 2. The van der Waals surface area contributed by atoms with Crippen molar-refractivity contribution in [2.24, 2.45) is 0 Å². The number of hydrogen-bond donors (Lipinski definition) is 1. The Kier molecular flexibility index (Phi) is 10.2. The Morgan fingerprint density at radius 1 is 1.03 bits per heavy atom. The number of carbonyl (C=O) groups excluding carboxylic acids is 2. The summed E-state index contributed by atoms with van der Waals surface area (Å²) in [5, 5.41) is 8.83. The Labute approximate surface area is 195 Å². The molecule has 2 aliphatic rings. The molecule has 2 aliphatic heterocycles. The van der Waals surface area contributed by atoms with Crippen LogP contribution in [0.3, 0.4) is 0 Å². The quantitative estimate of drug-likeness (QED) is 0.446. The maximum absolute atomic E-state index is 13.3. The number of allylic oxidation sites excluding steroid dienone is 1. The van der Waals surface area contributed by atoms with E-state index in [0.717, 1.165) is 44.3 Å². The van der Waals surface area contributed by atoms with E-state index in [-0.39, 0.29) is 31.0 Å². The van der Waals surface area contributed by atoms with Gasteiger partial charge >= 0.3 is 5.97 Å². The Balaban J connectivity index is 1.74.